The zero-order valence-corrected chi connectivity index (χ0v) is 64.6. The van der Waals surface area contributed by atoms with Crippen LogP contribution < -0.4 is 0 Å². The number of fused-ring (bicyclic) bond motifs is 4. The molecule has 0 bridgehead atoms. The Balaban J connectivity index is 0.00000112. The first-order valence-corrected chi connectivity index (χ1v) is 31.1. The summed E-state index contributed by atoms with van der Waals surface area (Å²) in [6.07, 6.45) is 7.07. The molecular weight excluding hydrogens is 1650 g/mol. The van der Waals surface area contributed by atoms with Crippen molar-refractivity contribution in [1.29, 1.82) is 0 Å². The quantitative estimate of drug-likeness (QED) is 0.0743. The minimum absolute atomic E-state index is 0. The van der Waals surface area contributed by atoms with Crippen molar-refractivity contribution >= 4 is 105 Å². The molecule has 8 aromatic carbocycles. The third-order valence-electron chi connectivity index (χ3n) is 11.9. The summed E-state index contributed by atoms with van der Waals surface area (Å²) >= 11 is 19.1. The van der Waals surface area contributed by atoms with E-state index in [4.69, 9.17) is 46.4 Å². The van der Waals surface area contributed by atoms with E-state index in [0.29, 0.717) is 0 Å². The summed E-state index contributed by atoms with van der Waals surface area (Å²) < 4.78 is 78.0. The molecule has 8 heterocycles. The third-order valence-corrected chi connectivity index (χ3v) is 11.9. The second kappa shape index (κ2) is 55.4. The zero-order chi connectivity index (χ0) is 68.9. The normalized spacial score (nSPS) is 9.47. The first-order chi connectivity index (χ1) is 46.6. The topological polar surface area (TPSA) is 103 Å². The van der Waals surface area contributed by atoms with E-state index in [0.717, 1.165) is 89.2 Å². The van der Waals surface area contributed by atoms with E-state index in [1.54, 1.807) is 24.8 Å². The van der Waals surface area contributed by atoms with Crippen molar-refractivity contribution in [3.8, 4) is 45.0 Å². The van der Waals surface area contributed by atoms with Gasteiger partial charge in [-0.05, 0) is 53.1 Å². The molecule has 0 aliphatic carbocycles. The monoisotopic (exact) mass is 1710 g/mol. The summed E-state index contributed by atoms with van der Waals surface area (Å²) in [6.45, 7) is 0. The van der Waals surface area contributed by atoms with Gasteiger partial charge in [0.15, 0.2) is 16.9 Å². The summed E-state index contributed by atoms with van der Waals surface area (Å²) in [4.78, 5) is 35.0. The van der Waals surface area contributed by atoms with Crippen LogP contribution in [0, 0.1) is 0 Å². The van der Waals surface area contributed by atoms with Crippen LogP contribution in [0.1, 0.15) is 0 Å². The van der Waals surface area contributed by atoms with Gasteiger partial charge in [-0.1, -0.05) is 65.2 Å². The molecule has 8 aromatic heterocycles. The van der Waals surface area contributed by atoms with E-state index in [1.165, 1.54) is 0 Å². The molecule has 0 aliphatic heterocycles. The molecule has 0 unspecified atom stereocenters. The van der Waals surface area contributed by atoms with Crippen LogP contribution in [0.15, 0.2) is 340 Å². The number of hydrogen-bond acceptors (Lipinski definition) is 8. The molecule has 0 atom stereocenters. The molecule has 0 saturated heterocycles. The number of halogens is 12. The summed E-state index contributed by atoms with van der Waals surface area (Å²) in [5, 5.41) is 4.70. The fraction of sp³-hybridized carbons (Fsp3) is 0.0270. The number of nitrogens with zero attached hydrogens (tertiary/aromatic N) is 8. The van der Waals surface area contributed by atoms with Gasteiger partial charge < -0.3 is 34.5 Å². The molecule has 520 valence electrons. The van der Waals surface area contributed by atoms with Gasteiger partial charge in [0.2, 0.25) is 0 Å². The van der Waals surface area contributed by atoms with Gasteiger partial charge in [0.25, 0.3) is 0 Å². The molecule has 8 nitrogen and oxygen atoms in total. The molecule has 0 saturated carbocycles. The van der Waals surface area contributed by atoms with Crippen molar-refractivity contribution in [3.63, 3.8) is 0 Å². The molecule has 0 N–H and O–H groups in total. The maximum atomic E-state index is 9.75. The van der Waals surface area contributed by atoms with Crippen LogP contribution in [0.25, 0.3) is 89.2 Å². The van der Waals surface area contributed by atoms with Crippen LogP contribution in [0.4, 0.5) is 34.5 Å². The Labute approximate surface area is 664 Å². The fourth-order valence-electron chi connectivity index (χ4n) is 7.92. The van der Waals surface area contributed by atoms with E-state index in [9.17, 15) is 34.5 Å². The Bertz CT molecular complexity index is 3820. The average Bonchev–Trinajstić information content (AvgIpc) is 1.83. The molecule has 0 amide bonds. The molecule has 27 heteroatoms. The van der Waals surface area contributed by atoms with Crippen molar-refractivity contribution in [1.82, 2.24) is 39.9 Å². The van der Waals surface area contributed by atoms with Crippen molar-refractivity contribution in [2.24, 2.45) is 0 Å². The predicted octanol–water partition coefficient (Wildman–Crippen LogP) is 23.1. The van der Waals surface area contributed by atoms with E-state index >= 15 is 0 Å². The standard InChI is InChI=1S/4C13H9N2.4C5H5.2CH2Cl2.2BF4.Cd.4Fe/c4*1-2-5-10(4-1)12-8-7-11-6-3-9-14-13(11)15-12;4*1-2-4-5-3-1;2*2-1-3;2*2-1(3,4)5;;;;;/h4*1-9H;4*1-5H;2*1H2;;;;;;;/q8*-1;;;2*-1;5*+2. The number of rotatable bonds is 4. The molecule has 16 rings (SSSR count). The second-order valence-corrected chi connectivity index (χ2v) is 20.3. The average molecular weight is 1710 g/mol. The van der Waals surface area contributed by atoms with Crippen LogP contribution in [0.2, 0.25) is 0 Å². The molecule has 0 spiro atoms. The summed E-state index contributed by atoms with van der Waals surface area (Å²) in [5.41, 5.74) is 11.7. The van der Waals surface area contributed by atoms with Gasteiger partial charge in [-0.3, -0.25) is 4.98 Å². The first-order valence-electron chi connectivity index (χ1n) is 29.0. The molecule has 0 fully saturated rings. The molecule has 0 aliphatic rings. The largest absolute Gasteiger partial charge is 2.00 e. The summed E-state index contributed by atoms with van der Waals surface area (Å²) in [5.74, 6) is 0. The Morgan fingerprint density at radius 2 is 0.535 bits per heavy atom. The Morgan fingerprint density at radius 1 is 0.297 bits per heavy atom. The molecular formula is C74H60B2CdCl4F8Fe4N8. The number of pyridine rings is 8. The number of alkyl halides is 4. The van der Waals surface area contributed by atoms with E-state index in [1.807, 2.05) is 243 Å². The smallest absolute Gasteiger partial charge is 0.418 e. The van der Waals surface area contributed by atoms with Gasteiger partial charge in [0.05, 0.1) is 10.7 Å². The summed E-state index contributed by atoms with van der Waals surface area (Å²) in [7, 11) is -12.0. The van der Waals surface area contributed by atoms with Crippen LogP contribution >= 0.6 is 46.4 Å². The number of aromatic nitrogens is 8. The maximum absolute atomic E-state index is 9.75. The molecule has 0 radical (unpaired) electrons. The Kier molecular flexibility index (Phi) is 51.4. The van der Waals surface area contributed by atoms with Gasteiger partial charge in [-0.15, -0.1) is 113 Å². The van der Waals surface area contributed by atoms with Gasteiger partial charge >= 0.3 is 110 Å². The van der Waals surface area contributed by atoms with Crippen molar-refractivity contribution in [2.45, 2.75) is 0 Å². The van der Waals surface area contributed by atoms with Gasteiger partial charge in [-0.2, -0.15) is 127 Å². The minimum Gasteiger partial charge on any atom is -0.418 e. The van der Waals surface area contributed by atoms with Crippen LogP contribution in [0.3, 0.4) is 0 Å². The van der Waals surface area contributed by atoms with Crippen LogP contribution in [-0.2, 0) is 95.6 Å². The zero-order valence-electron chi connectivity index (χ0n) is 53.1. The van der Waals surface area contributed by atoms with Crippen LogP contribution in [-0.4, -0.2) is 65.1 Å². The van der Waals surface area contributed by atoms with Gasteiger partial charge in [-0.25, -0.2) is 83.4 Å². The van der Waals surface area contributed by atoms with Crippen molar-refractivity contribution in [2.75, 3.05) is 10.7 Å². The first kappa shape index (κ1) is 93.8. The van der Waals surface area contributed by atoms with Crippen molar-refractivity contribution in [3.05, 3.63) is 340 Å². The van der Waals surface area contributed by atoms with E-state index < -0.39 is 14.5 Å². The van der Waals surface area contributed by atoms with E-state index in [2.05, 4.69) is 113 Å². The SMILES string of the molecule is ClCCl.ClCCl.F[B-](F)(F)F.F[B-](F)(F)F.[Cd+2].[Fe+2].[Fe+2].[Fe+2].[Fe+2].c1c[cH-]c(-c2ccc3cccnc3n2)c1.c1cc[cH-]c1.c1cc[cH-]c1.c1cc[cH-]c1.c1cc[cH-]c1.c1cnc2nc(-[c-]3cccc3)ccc2c1.c1cnc2nc(-[c-]3cccc3)ccc2c1.c1cnc2nc(-[c-]3cccc3)ccc2c1. The maximum Gasteiger partial charge on any atom is 2.00 e. The minimum atomic E-state index is -6.00. The Morgan fingerprint density at radius 3 is 0.752 bits per heavy atom. The fourth-order valence-corrected chi connectivity index (χ4v) is 7.92. The third kappa shape index (κ3) is 40.9. The van der Waals surface area contributed by atoms with Crippen molar-refractivity contribution < 1.29 is 130 Å². The van der Waals surface area contributed by atoms with Crippen LogP contribution in [0.5, 0.6) is 0 Å². The predicted molar refractivity (Wildman–Crippen MR) is 384 cm³/mol. The number of hydrogen-bond donors (Lipinski definition) is 0. The second-order valence-electron chi connectivity index (χ2n) is 18.7. The van der Waals surface area contributed by atoms with Gasteiger partial charge in [0.1, 0.15) is 5.65 Å². The molecule has 101 heavy (non-hydrogen) atoms. The van der Waals surface area contributed by atoms with Gasteiger partial charge in [0, 0.05) is 46.3 Å². The molecule has 16 aromatic rings. The summed E-state index contributed by atoms with van der Waals surface area (Å²) in [6, 6.07) is 105. The Hall–Kier alpha value is -7.23. The van der Waals surface area contributed by atoms with E-state index in [-0.39, 0.29) is 106 Å².